The van der Waals surface area contributed by atoms with Gasteiger partial charge < -0.3 is 25.4 Å². The van der Waals surface area contributed by atoms with E-state index in [0.29, 0.717) is 16.8 Å². The molecule has 10 heteroatoms. The Morgan fingerprint density at radius 1 is 1.14 bits per heavy atom. The molecule has 9 nitrogen and oxygen atoms in total. The van der Waals surface area contributed by atoms with Crippen LogP contribution in [0.2, 0.25) is 5.02 Å². The number of halogens is 1. The molecule has 0 bridgehead atoms. The van der Waals surface area contributed by atoms with Crippen molar-refractivity contribution in [2.75, 3.05) is 11.9 Å². The number of aromatic hydroxyl groups is 1. The largest absolute Gasteiger partial charge is 0.507 e. The van der Waals surface area contributed by atoms with Crippen LogP contribution in [-0.4, -0.2) is 46.1 Å². The summed E-state index contributed by atoms with van der Waals surface area (Å²) < 4.78 is 5.21. The average Bonchev–Trinajstić information content (AvgIpc) is 2.77. The Bertz CT molecular complexity index is 1170. The molecular formula is C26H31ClN4O5. The Balaban J connectivity index is 2.51. The van der Waals surface area contributed by atoms with E-state index in [4.69, 9.17) is 16.3 Å². The van der Waals surface area contributed by atoms with Crippen molar-refractivity contribution in [2.45, 2.75) is 59.2 Å². The third kappa shape index (κ3) is 7.12. The summed E-state index contributed by atoms with van der Waals surface area (Å²) in [5.74, 6) is -1.61. The molecule has 0 aromatic heterocycles. The molecule has 36 heavy (non-hydrogen) atoms. The van der Waals surface area contributed by atoms with Crippen LogP contribution < -0.4 is 10.6 Å². The fourth-order valence-electron chi connectivity index (χ4n) is 3.50. The quantitative estimate of drug-likeness (QED) is 0.462. The summed E-state index contributed by atoms with van der Waals surface area (Å²) in [6, 6.07) is 9.21. The Kier molecular flexibility index (Phi) is 9.31. The molecular weight excluding hydrogens is 484 g/mol. The van der Waals surface area contributed by atoms with Gasteiger partial charge in [-0.25, -0.2) is 4.79 Å². The highest BCUT2D eigenvalue weighted by Gasteiger charge is 2.36. The first-order chi connectivity index (χ1) is 16.8. The van der Waals surface area contributed by atoms with Gasteiger partial charge in [-0.1, -0.05) is 41.9 Å². The fourth-order valence-corrected chi connectivity index (χ4v) is 3.77. The standard InChI is InChI=1S/C26H31ClN4O5/c1-15-9-8-12-19(27)20(15)30-23(33)21(18-11-7-10-16(2)22(18)32)31(14-13-28)24(34)17(3)29-25(35)36-26(4,5)6/h7-12,17,21,32H,14H2,1-6H3,(H,29,35)(H,30,33). The molecule has 2 unspecified atom stereocenters. The van der Waals surface area contributed by atoms with Gasteiger partial charge >= 0.3 is 6.09 Å². The van der Waals surface area contributed by atoms with Gasteiger partial charge in [0.05, 0.1) is 16.8 Å². The minimum absolute atomic E-state index is 0.116. The van der Waals surface area contributed by atoms with Gasteiger partial charge in [0.15, 0.2) is 0 Å². The number of anilines is 1. The first-order valence-electron chi connectivity index (χ1n) is 11.3. The smallest absolute Gasteiger partial charge is 0.408 e. The highest BCUT2D eigenvalue weighted by atomic mass is 35.5. The van der Waals surface area contributed by atoms with Crippen LogP contribution in [0.25, 0.3) is 0 Å². The Morgan fingerprint density at radius 3 is 2.33 bits per heavy atom. The second-order valence-corrected chi connectivity index (χ2v) is 9.74. The molecule has 0 saturated carbocycles. The number of nitrogens with zero attached hydrogens (tertiary/aromatic N) is 2. The maximum absolute atomic E-state index is 13.6. The monoisotopic (exact) mass is 514 g/mol. The van der Waals surface area contributed by atoms with E-state index in [1.807, 2.05) is 6.07 Å². The average molecular weight is 515 g/mol. The summed E-state index contributed by atoms with van der Waals surface area (Å²) in [6.45, 7) is 9.36. The number of phenols is 1. The van der Waals surface area contributed by atoms with Crippen LogP contribution in [0.5, 0.6) is 5.75 Å². The van der Waals surface area contributed by atoms with Crippen molar-refractivity contribution in [1.29, 1.82) is 5.26 Å². The lowest BCUT2D eigenvalue weighted by molar-refractivity contribution is -0.139. The lowest BCUT2D eigenvalue weighted by Gasteiger charge is -2.32. The minimum atomic E-state index is -1.41. The van der Waals surface area contributed by atoms with Crippen molar-refractivity contribution >= 4 is 35.2 Å². The molecule has 0 heterocycles. The normalized spacial score (nSPS) is 12.6. The molecule has 0 saturated heterocycles. The summed E-state index contributed by atoms with van der Waals surface area (Å²) in [5.41, 5.74) is 0.822. The second kappa shape index (κ2) is 11.8. The fraction of sp³-hybridized carbons (Fsp3) is 0.385. The number of hydrogen-bond donors (Lipinski definition) is 3. The maximum atomic E-state index is 13.6. The van der Waals surface area contributed by atoms with E-state index in [9.17, 15) is 24.8 Å². The molecule has 2 atom stereocenters. The summed E-state index contributed by atoms with van der Waals surface area (Å²) in [5, 5.41) is 25.8. The molecule has 3 N–H and O–H groups in total. The van der Waals surface area contributed by atoms with E-state index in [1.54, 1.807) is 65.0 Å². The van der Waals surface area contributed by atoms with Crippen LogP contribution >= 0.6 is 11.6 Å². The molecule has 2 aromatic carbocycles. The van der Waals surface area contributed by atoms with Crippen LogP contribution in [-0.2, 0) is 14.3 Å². The molecule has 3 amide bonds. The second-order valence-electron chi connectivity index (χ2n) is 9.33. The number of carbonyl (C=O) groups is 3. The highest BCUT2D eigenvalue weighted by Crippen LogP contribution is 2.34. The topological polar surface area (TPSA) is 132 Å². The molecule has 2 rings (SSSR count). The van der Waals surface area contributed by atoms with Gasteiger partial charge in [-0.15, -0.1) is 0 Å². The van der Waals surface area contributed by atoms with Gasteiger partial charge in [0, 0.05) is 5.56 Å². The zero-order chi connectivity index (χ0) is 27.2. The van der Waals surface area contributed by atoms with Crippen LogP contribution in [0, 0.1) is 25.2 Å². The predicted molar refractivity (Wildman–Crippen MR) is 137 cm³/mol. The van der Waals surface area contributed by atoms with E-state index >= 15 is 0 Å². The summed E-state index contributed by atoms with van der Waals surface area (Å²) >= 11 is 6.29. The van der Waals surface area contributed by atoms with Crippen molar-refractivity contribution in [3.63, 3.8) is 0 Å². The lowest BCUT2D eigenvalue weighted by atomic mass is 9.99. The van der Waals surface area contributed by atoms with Crippen LogP contribution in [0.3, 0.4) is 0 Å². The van der Waals surface area contributed by atoms with Gasteiger partial charge in [0.25, 0.3) is 5.91 Å². The van der Waals surface area contributed by atoms with Crippen molar-refractivity contribution < 1.29 is 24.2 Å². The Labute approximate surface area is 216 Å². The van der Waals surface area contributed by atoms with Crippen LogP contribution in [0.4, 0.5) is 10.5 Å². The van der Waals surface area contributed by atoms with E-state index < -0.39 is 42.1 Å². The number of carbonyl (C=O) groups excluding carboxylic acids is 3. The molecule has 0 aliphatic heterocycles. The maximum Gasteiger partial charge on any atom is 0.408 e. The van der Waals surface area contributed by atoms with Crippen molar-refractivity contribution in [3.05, 3.63) is 58.1 Å². The number of aryl methyl sites for hydroxylation is 2. The number of rotatable bonds is 7. The molecule has 0 spiro atoms. The molecule has 0 aliphatic carbocycles. The van der Waals surface area contributed by atoms with Gasteiger partial charge in [0.2, 0.25) is 5.91 Å². The molecule has 2 aromatic rings. The number of alkyl carbamates (subject to hydrolysis) is 1. The van der Waals surface area contributed by atoms with E-state index in [0.717, 1.165) is 4.90 Å². The number of para-hydroxylation sites is 2. The summed E-state index contributed by atoms with van der Waals surface area (Å²) in [6.07, 6.45) is -0.827. The van der Waals surface area contributed by atoms with Crippen molar-refractivity contribution in [3.8, 4) is 11.8 Å². The Hall–Kier alpha value is -3.77. The number of phenolic OH excluding ortho intramolecular Hbond substituents is 1. The summed E-state index contributed by atoms with van der Waals surface area (Å²) in [4.78, 5) is 40.3. The third-order valence-electron chi connectivity index (χ3n) is 5.22. The number of benzene rings is 2. The third-order valence-corrected chi connectivity index (χ3v) is 5.54. The first kappa shape index (κ1) is 28.5. The highest BCUT2D eigenvalue weighted by molar-refractivity contribution is 6.34. The van der Waals surface area contributed by atoms with Crippen LogP contribution in [0.15, 0.2) is 36.4 Å². The number of nitrogens with one attached hydrogen (secondary N) is 2. The molecule has 0 radical (unpaired) electrons. The molecule has 0 aliphatic rings. The number of ether oxygens (including phenoxy) is 1. The van der Waals surface area contributed by atoms with Gasteiger partial charge in [-0.05, 0) is 58.7 Å². The molecule has 192 valence electrons. The van der Waals surface area contributed by atoms with Crippen molar-refractivity contribution in [2.24, 2.45) is 0 Å². The zero-order valence-electron chi connectivity index (χ0n) is 21.2. The van der Waals surface area contributed by atoms with Crippen LogP contribution in [0.1, 0.15) is 50.4 Å². The van der Waals surface area contributed by atoms with E-state index in [-0.39, 0.29) is 16.3 Å². The zero-order valence-corrected chi connectivity index (χ0v) is 21.9. The summed E-state index contributed by atoms with van der Waals surface area (Å²) in [7, 11) is 0. The SMILES string of the molecule is Cc1cccc(C(C(=O)Nc2c(C)cccc2Cl)N(CC#N)C(=O)C(C)NC(=O)OC(C)(C)C)c1O. The molecule has 0 fully saturated rings. The van der Waals surface area contributed by atoms with Gasteiger partial charge in [-0.3, -0.25) is 9.59 Å². The van der Waals surface area contributed by atoms with Crippen molar-refractivity contribution in [1.82, 2.24) is 10.2 Å². The first-order valence-corrected chi connectivity index (χ1v) is 11.7. The number of nitriles is 1. The minimum Gasteiger partial charge on any atom is -0.507 e. The number of amides is 3. The van der Waals surface area contributed by atoms with E-state index in [1.165, 1.54) is 13.0 Å². The number of hydrogen-bond acceptors (Lipinski definition) is 6. The van der Waals surface area contributed by atoms with E-state index in [2.05, 4.69) is 10.6 Å². The van der Waals surface area contributed by atoms with Gasteiger partial charge in [0.1, 0.15) is 30.0 Å². The Morgan fingerprint density at radius 2 is 1.75 bits per heavy atom. The predicted octanol–water partition coefficient (Wildman–Crippen LogP) is 4.61. The lowest BCUT2D eigenvalue weighted by Crippen LogP contribution is -2.51. The van der Waals surface area contributed by atoms with Gasteiger partial charge in [-0.2, -0.15) is 5.26 Å².